The van der Waals surface area contributed by atoms with Crippen LogP contribution >= 0.6 is 0 Å². The number of anilines is 1. The van der Waals surface area contributed by atoms with Crippen molar-refractivity contribution in [3.63, 3.8) is 0 Å². The van der Waals surface area contributed by atoms with Crippen molar-refractivity contribution in [3.8, 4) is 11.5 Å². The molecule has 2 aromatic heterocycles. The Labute approximate surface area is 283 Å². The molecule has 3 atom stereocenters. The van der Waals surface area contributed by atoms with Gasteiger partial charge in [0.05, 0.1) is 38.5 Å². The second kappa shape index (κ2) is 13.9. The van der Waals surface area contributed by atoms with Gasteiger partial charge in [0.1, 0.15) is 35.3 Å². The molecule has 1 amide bonds. The molecule has 7 rings (SSSR count). The minimum atomic E-state index is -1.07. The average Bonchev–Trinajstić information content (AvgIpc) is 3.76. The lowest BCUT2D eigenvalue weighted by Gasteiger charge is -2.37. The van der Waals surface area contributed by atoms with E-state index in [9.17, 15) is 9.90 Å². The molecule has 1 aliphatic heterocycles. The lowest BCUT2D eigenvalue weighted by atomic mass is 9.80. The maximum Gasteiger partial charge on any atom is 0.256 e. The summed E-state index contributed by atoms with van der Waals surface area (Å²) in [5.41, 5.74) is 2.53. The zero-order chi connectivity index (χ0) is 33.8. The highest BCUT2D eigenvalue weighted by atomic mass is 16.6. The third kappa shape index (κ3) is 6.22. The topological polar surface area (TPSA) is 130 Å². The number of aliphatic hydroxyl groups excluding tert-OH is 1. The molecule has 0 saturated carbocycles. The summed E-state index contributed by atoms with van der Waals surface area (Å²) in [6.45, 7) is 0.0528. The number of nitrogens with zero attached hydrogens (tertiary/aromatic N) is 4. The van der Waals surface area contributed by atoms with Gasteiger partial charge in [-0.05, 0) is 53.1 Å². The number of fused-ring (bicyclic) bond motifs is 1. The summed E-state index contributed by atoms with van der Waals surface area (Å²) in [5.74, 6) is 1.47. The summed E-state index contributed by atoms with van der Waals surface area (Å²) in [6.07, 6.45) is 1.02. The molecule has 6 aromatic rings. The number of benzene rings is 4. The maximum atomic E-state index is 12.8. The predicted molar refractivity (Wildman–Crippen MR) is 183 cm³/mol. The van der Waals surface area contributed by atoms with Crippen LogP contribution in [0.3, 0.4) is 0 Å². The zero-order valence-corrected chi connectivity index (χ0v) is 27.0. The standard InChI is InChI=1S/C38H35N5O6/c1-46-29-17-13-27(14-18-29)38(26-11-7-4-8-12-26,28-15-19-30(47-2)20-16-28)48-23-33-32(44)21-34(49-33)43-36-31(22-41-43)35(39-24-40-36)42-37(45)25-9-5-3-6-10-25/h3-20,22,24,32-34,44H,21,23H2,1-2H3,(H,39,40,42,45)/t32-,33+,34+/m0/s1. The van der Waals surface area contributed by atoms with Gasteiger partial charge in [-0.1, -0.05) is 72.8 Å². The van der Waals surface area contributed by atoms with E-state index >= 15 is 0 Å². The van der Waals surface area contributed by atoms with Crippen molar-refractivity contribution in [1.29, 1.82) is 0 Å². The van der Waals surface area contributed by atoms with E-state index in [4.69, 9.17) is 18.9 Å². The molecule has 49 heavy (non-hydrogen) atoms. The van der Waals surface area contributed by atoms with Crippen molar-refractivity contribution < 1.29 is 28.8 Å². The van der Waals surface area contributed by atoms with E-state index in [1.807, 2.05) is 84.9 Å². The average molecular weight is 658 g/mol. The first-order valence-corrected chi connectivity index (χ1v) is 15.9. The molecule has 0 bridgehead atoms. The van der Waals surface area contributed by atoms with Crippen LogP contribution in [0.5, 0.6) is 11.5 Å². The Morgan fingerprint density at radius 3 is 2.06 bits per heavy atom. The smallest absolute Gasteiger partial charge is 0.256 e. The molecule has 11 heteroatoms. The molecule has 1 aliphatic rings. The van der Waals surface area contributed by atoms with E-state index in [1.54, 1.807) is 49.4 Å². The van der Waals surface area contributed by atoms with Crippen LogP contribution in [-0.2, 0) is 15.1 Å². The van der Waals surface area contributed by atoms with Gasteiger partial charge in [-0.3, -0.25) is 4.79 Å². The van der Waals surface area contributed by atoms with E-state index in [1.165, 1.54) is 6.33 Å². The fourth-order valence-electron chi connectivity index (χ4n) is 6.24. The monoisotopic (exact) mass is 657 g/mol. The Morgan fingerprint density at radius 2 is 1.45 bits per heavy atom. The van der Waals surface area contributed by atoms with Crippen molar-refractivity contribution in [3.05, 3.63) is 144 Å². The molecular weight excluding hydrogens is 622 g/mol. The molecule has 0 unspecified atom stereocenters. The van der Waals surface area contributed by atoms with Crippen LogP contribution in [-0.4, -0.2) is 63.8 Å². The minimum Gasteiger partial charge on any atom is -0.497 e. The number of nitrogens with one attached hydrogen (secondary N) is 1. The van der Waals surface area contributed by atoms with Crippen LogP contribution in [0.25, 0.3) is 11.0 Å². The van der Waals surface area contributed by atoms with Crippen LogP contribution in [0.4, 0.5) is 5.82 Å². The first-order chi connectivity index (χ1) is 24.0. The van der Waals surface area contributed by atoms with E-state index < -0.39 is 24.0 Å². The van der Waals surface area contributed by atoms with Gasteiger partial charge in [-0.15, -0.1) is 0 Å². The number of carbonyl (C=O) groups excluding carboxylic acids is 1. The quantitative estimate of drug-likeness (QED) is 0.167. The SMILES string of the molecule is COc1ccc(C(OC[C@H]2O[C@@H](n3ncc4c(NC(=O)c5ccccc5)ncnc43)C[C@@H]2O)(c2ccccc2)c2ccc(OC)cc2)cc1. The number of methoxy groups -OCH3 is 2. The van der Waals surface area contributed by atoms with E-state index in [0.717, 1.165) is 28.2 Å². The van der Waals surface area contributed by atoms with Crippen molar-refractivity contribution in [1.82, 2.24) is 19.7 Å². The number of amides is 1. The van der Waals surface area contributed by atoms with Gasteiger partial charge in [-0.25, -0.2) is 14.6 Å². The van der Waals surface area contributed by atoms with Crippen LogP contribution in [0.1, 0.15) is 39.7 Å². The first-order valence-electron chi connectivity index (χ1n) is 15.9. The van der Waals surface area contributed by atoms with Crippen molar-refractivity contribution in [2.75, 3.05) is 26.1 Å². The van der Waals surface area contributed by atoms with Gasteiger partial charge in [-0.2, -0.15) is 5.10 Å². The van der Waals surface area contributed by atoms with Gasteiger partial charge >= 0.3 is 0 Å². The fraction of sp³-hybridized carbons (Fsp3) is 0.211. The van der Waals surface area contributed by atoms with Crippen molar-refractivity contribution >= 4 is 22.8 Å². The molecule has 11 nitrogen and oxygen atoms in total. The third-order valence-corrected chi connectivity index (χ3v) is 8.77. The first kappa shape index (κ1) is 32.0. The highest BCUT2D eigenvalue weighted by molar-refractivity contribution is 6.07. The Hall–Kier alpha value is -5.62. The Kier molecular flexibility index (Phi) is 9.03. The summed E-state index contributed by atoms with van der Waals surface area (Å²) in [5, 5.41) is 19.2. The van der Waals surface area contributed by atoms with Crippen LogP contribution in [0, 0.1) is 0 Å². The summed E-state index contributed by atoms with van der Waals surface area (Å²) in [6, 6.07) is 34.4. The van der Waals surface area contributed by atoms with Crippen LogP contribution in [0.15, 0.2) is 122 Å². The number of aromatic nitrogens is 4. The highest BCUT2D eigenvalue weighted by Crippen LogP contribution is 2.43. The second-order valence-electron chi connectivity index (χ2n) is 11.6. The molecule has 248 valence electrons. The van der Waals surface area contributed by atoms with E-state index in [-0.39, 0.29) is 18.9 Å². The minimum absolute atomic E-state index is 0.0528. The number of aliphatic hydroxyl groups is 1. The fourth-order valence-corrected chi connectivity index (χ4v) is 6.24. The molecule has 4 aromatic carbocycles. The summed E-state index contributed by atoms with van der Waals surface area (Å²) in [4.78, 5) is 21.6. The number of hydrogen-bond acceptors (Lipinski definition) is 9. The number of rotatable bonds is 11. The Morgan fingerprint density at radius 1 is 0.857 bits per heavy atom. The highest BCUT2D eigenvalue weighted by Gasteiger charge is 2.42. The van der Waals surface area contributed by atoms with Gasteiger partial charge in [0.25, 0.3) is 5.91 Å². The second-order valence-corrected chi connectivity index (χ2v) is 11.6. The normalized spacial score (nSPS) is 17.6. The van der Waals surface area contributed by atoms with Gasteiger partial charge in [0.15, 0.2) is 11.9 Å². The molecular formula is C38H35N5O6. The van der Waals surface area contributed by atoms with Crippen LogP contribution in [0.2, 0.25) is 0 Å². The van der Waals surface area contributed by atoms with E-state index in [2.05, 4.69) is 20.4 Å². The number of carbonyl (C=O) groups is 1. The molecule has 0 radical (unpaired) electrons. The third-order valence-electron chi connectivity index (χ3n) is 8.77. The summed E-state index contributed by atoms with van der Waals surface area (Å²) >= 11 is 0. The van der Waals surface area contributed by atoms with Crippen molar-refractivity contribution in [2.45, 2.75) is 30.5 Å². The van der Waals surface area contributed by atoms with Gasteiger partial charge in [0, 0.05) is 12.0 Å². The number of hydrogen-bond donors (Lipinski definition) is 2. The van der Waals surface area contributed by atoms with Crippen molar-refractivity contribution in [2.24, 2.45) is 0 Å². The maximum absolute atomic E-state index is 12.8. The molecule has 1 fully saturated rings. The molecule has 2 N–H and O–H groups in total. The van der Waals surface area contributed by atoms with Crippen LogP contribution < -0.4 is 14.8 Å². The van der Waals surface area contributed by atoms with Gasteiger partial charge < -0.3 is 29.4 Å². The molecule has 0 spiro atoms. The molecule has 3 heterocycles. The summed E-state index contributed by atoms with van der Waals surface area (Å²) < 4.78 is 25.9. The number of ether oxygens (including phenoxy) is 4. The lowest BCUT2D eigenvalue weighted by Crippen LogP contribution is -2.38. The predicted octanol–water partition coefficient (Wildman–Crippen LogP) is 5.75. The van der Waals surface area contributed by atoms with E-state index in [0.29, 0.717) is 22.4 Å². The van der Waals surface area contributed by atoms with Gasteiger partial charge in [0.2, 0.25) is 0 Å². The Bertz CT molecular complexity index is 1970. The largest absolute Gasteiger partial charge is 0.497 e. The zero-order valence-electron chi connectivity index (χ0n) is 27.0. The lowest BCUT2D eigenvalue weighted by molar-refractivity contribution is -0.0949. The summed E-state index contributed by atoms with van der Waals surface area (Å²) in [7, 11) is 3.26. The Balaban J connectivity index is 1.18. The molecule has 0 aliphatic carbocycles. The molecule has 1 saturated heterocycles.